The van der Waals surface area contributed by atoms with Crippen LogP contribution in [-0.4, -0.2) is 40.4 Å². The monoisotopic (exact) mass is 237 g/mol. The third kappa shape index (κ3) is 3.04. The molecule has 1 aliphatic rings. The van der Waals surface area contributed by atoms with Gasteiger partial charge in [-0.25, -0.2) is 13.6 Å². The Hall–Kier alpha value is -0.910. The van der Waals surface area contributed by atoms with Crippen molar-refractivity contribution in [1.29, 1.82) is 0 Å². The highest BCUT2D eigenvalue weighted by molar-refractivity contribution is 5.66. The number of ether oxygens (including phenoxy) is 1. The van der Waals surface area contributed by atoms with E-state index >= 15 is 0 Å². The topological polar surface area (TPSA) is 49.8 Å². The lowest BCUT2D eigenvalue weighted by Crippen LogP contribution is -2.47. The molecule has 0 aromatic heterocycles. The van der Waals surface area contributed by atoms with Gasteiger partial charge in [0.1, 0.15) is 5.72 Å². The Morgan fingerprint density at radius 2 is 2.19 bits per heavy atom. The average Bonchev–Trinajstić information content (AvgIpc) is 2.36. The highest BCUT2D eigenvalue weighted by Crippen LogP contribution is 2.31. The number of amides is 1. The van der Waals surface area contributed by atoms with E-state index in [0.717, 1.165) is 11.8 Å². The van der Waals surface area contributed by atoms with Crippen LogP contribution >= 0.6 is 0 Å². The summed E-state index contributed by atoms with van der Waals surface area (Å²) in [4.78, 5) is 12.1. The van der Waals surface area contributed by atoms with Crippen LogP contribution in [0.3, 0.4) is 0 Å². The van der Waals surface area contributed by atoms with Crippen LogP contribution < -0.4 is 0 Å². The Balaban J connectivity index is 2.64. The summed E-state index contributed by atoms with van der Waals surface area (Å²) in [6.45, 7) is 4.24. The fraction of sp³-hybridized carbons (Fsp3) is 0.900. The zero-order valence-corrected chi connectivity index (χ0v) is 9.67. The lowest BCUT2D eigenvalue weighted by molar-refractivity contribution is -0.0438. The molecule has 0 bridgehead atoms. The largest absolute Gasteiger partial charge is 0.465 e. The zero-order chi connectivity index (χ0) is 12.6. The molecule has 6 heteroatoms. The number of halogens is 2. The molecule has 1 fully saturated rings. The van der Waals surface area contributed by atoms with Gasteiger partial charge in [-0.2, -0.15) is 0 Å². The van der Waals surface area contributed by atoms with Gasteiger partial charge in [-0.15, -0.1) is 0 Å². The van der Waals surface area contributed by atoms with Gasteiger partial charge < -0.3 is 9.84 Å². The highest BCUT2D eigenvalue weighted by atomic mass is 19.3. The van der Waals surface area contributed by atoms with E-state index < -0.39 is 23.8 Å². The van der Waals surface area contributed by atoms with Crippen LogP contribution in [0.4, 0.5) is 13.6 Å². The van der Waals surface area contributed by atoms with Crippen LogP contribution in [-0.2, 0) is 4.74 Å². The average molecular weight is 237 g/mol. The number of hydrogen-bond acceptors (Lipinski definition) is 2. The molecule has 1 rings (SSSR count). The normalized spacial score (nSPS) is 24.8. The minimum absolute atomic E-state index is 0.110. The smallest absolute Gasteiger partial charge is 0.409 e. The first kappa shape index (κ1) is 13.2. The summed E-state index contributed by atoms with van der Waals surface area (Å²) in [5.74, 6) is -2.77. The number of alkyl halides is 2. The van der Waals surface area contributed by atoms with E-state index in [1.165, 1.54) is 0 Å². The van der Waals surface area contributed by atoms with E-state index in [1.807, 2.05) is 0 Å². The number of carboxylic acid groups (broad SMARTS) is 1. The molecule has 16 heavy (non-hydrogen) atoms. The van der Waals surface area contributed by atoms with Crippen LogP contribution in [0.5, 0.6) is 0 Å². The van der Waals surface area contributed by atoms with Gasteiger partial charge in [0.2, 0.25) is 5.92 Å². The van der Waals surface area contributed by atoms with Gasteiger partial charge in [-0.05, 0) is 27.2 Å². The lowest BCUT2D eigenvalue weighted by atomic mass is 10.1. The van der Waals surface area contributed by atoms with Crippen LogP contribution in [0.25, 0.3) is 0 Å². The van der Waals surface area contributed by atoms with E-state index in [1.54, 1.807) is 13.8 Å². The summed E-state index contributed by atoms with van der Waals surface area (Å²) in [6, 6.07) is -0.488. The van der Waals surface area contributed by atoms with Crippen molar-refractivity contribution in [3.05, 3.63) is 0 Å². The Labute approximate surface area is 93.2 Å². The van der Waals surface area contributed by atoms with Gasteiger partial charge in [0.25, 0.3) is 0 Å². The summed E-state index contributed by atoms with van der Waals surface area (Å²) < 4.78 is 30.7. The second kappa shape index (κ2) is 4.16. The quantitative estimate of drug-likeness (QED) is 0.820. The minimum Gasteiger partial charge on any atom is -0.465 e. The SMILES string of the molecule is CC(F)(F)CC[C@H]1COC(C)(C)N1C(=O)O. The number of rotatable bonds is 3. The molecule has 1 atom stereocenters. The summed E-state index contributed by atoms with van der Waals surface area (Å²) in [6.07, 6.45) is -1.35. The summed E-state index contributed by atoms with van der Waals surface area (Å²) in [5, 5.41) is 9.01. The zero-order valence-electron chi connectivity index (χ0n) is 9.67. The van der Waals surface area contributed by atoms with Crippen LogP contribution in [0.2, 0.25) is 0 Å². The molecule has 0 aliphatic carbocycles. The van der Waals surface area contributed by atoms with Crippen LogP contribution in [0.1, 0.15) is 33.6 Å². The molecule has 0 radical (unpaired) electrons. The van der Waals surface area contributed by atoms with Crippen molar-refractivity contribution in [2.24, 2.45) is 0 Å². The first-order valence-electron chi connectivity index (χ1n) is 5.17. The molecule has 94 valence electrons. The summed E-state index contributed by atoms with van der Waals surface area (Å²) >= 11 is 0. The second-order valence-corrected chi connectivity index (χ2v) is 4.67. The van der Waals surface area contributed by atoms with Gasteiger partial charge in [0, 0.05) is 6.42 Å². The van der Waals surface area contributed by atoms with Crippen molar-refractivity contribution in [3.8, 4) is 0 Å². The minimum atomic E-state index is -2.77. The van der Waals surface area contributed by atoms with E-state index in [9.17, 15) is 13.6 Å². The van der Waals surface area contributed by atoms with Crippen molar-refractivity contribution in [1.82, 2.24) is 4.90 Å². The van der Waals surface area contributed by atoms with Crippen molar-refractivity contribution in [2.75, 3.05) is 6.61 Å². The number of carbonyl (C=O) groups is 1. The van der Waals surface area contributed by atoms with Gasteiger partial charge in [-0.1, -0.05) is 0 Å². The van der Waals surface area contributed by atoms with Crippen molar-refractivity contribution in [2.45, 2.75) is 51.3 Å². The maximum absolute atomic E-state index is 12.7. The predicted molar refractivity (Wildman–Crippen MR) is 53.5 cm³/mol. The molecule has 0 spiro atoms. The molecule has 0 saturated carbocycles. The number of nitrogens with zero attached hydrogens (tertiary/aromatic N) is 1. The van der Waals surface area contributed by atoms with Crippen molar-refractivity contribution >= 4 is 6.09 Å². The number of hydrogen-bond donors (Lipinski definition) is 1. The summed E-state index contributed by atoms with van der Waals surface area (Å²) in [7, 11) is 0. The highest BCUT2D eigenvalue weighted by Gasteiger charge is 2.44. The van der Waals surface area contributed by atoms with Crippen molar-refractivity contribution < 1.29 is 23.4 Å². The Morgan fingerprint density at radius 3 is 2.62 bits per heavy atom. The molecule has 0 aromatic rings. The molecule has 4 nitrogen and oxygen atoms in total. The Bertz CT molecular complexity index is 276. The molecule has 1 heterocycles. The van der Waals surface area contributed by atoms with Crippen LogP contribution in [0.15, 0.2) is 0 Å². The lowest BCUT2D eigenvalue weighted by Gasteiger charge is -2.31. The third-order valence-electron chi connectivity index (χ3n) is 2.70. The molecule has 1 amide bonds. The van der Waals surface area contributed by atoms with Crippen LogP contribution in [0, 0.1) is 0 Å². The van der Waals surface area contributed by atoms with Gasteiger partial charge in [-0.3, -0.25) is 4.90 Å². The van der Waals surface area contributed by atoms with E-state index in [-0.39, 0.29) is 19.4 Å². The molecule has 0 unspecified atom stereocenters. The first-order chi connectivity index (χ1) is 7.13. The fourth-order valence-corrected chi connectivity index (χ4v) is 1.90. The van der Waals surface area contributed by atoms with Gasteiger partial charge in [0.15, 0.2) is 0 Å². The van der Waals surface area contributed by atoms with E-state index in [0.29, 0.717) is 0 Å². The Morgan fingerprint density at radius 1 is 1.62 bits per heavy atom. The second-order valence-electron chi connectivity index (χ2n) is 4.67. The maximum Gasteiger partial charge on any atom is 0.409 e. The first-order valence-corrected chi connectivity index (χ1v) is 5.17. The fourth-order valence-electron chi connectivity index (χ4n) is 1.90. The van der Waals surface area contributed by atoms with E-state index in [4.69, 9.17) is 9.84 Å². The maximum atomic E-state index is 12.7. The van der Waals surface area contributed by atoms with E-state index in [2.05, 4.69) is 0 Å². The van der Waals surface area contributed by atoms with Gasteiger partial charge in [0.05, 0.1) is 12.6 Å². The molecular formula is C10H17F2NO3. The molecular weight excluding hydrogens is 220 g/mol. The Kier molecular flexibility index (Phi) is 3.42. The summed E-state index contributed by atoms with van der Waals surface area (Å²) in [5.41, 5.74) is -0.931. The molecule has 1 N–H and O–H groups in total. The third-order valence-corrected chi connectivity index (χ3v) is 2.70. The standard InChI is InChI=1S/C10H17F2NO3/c1-9(2)13(8(14)15)7(6-16-9)4-5-10(3,11)12/h7H,4-6H2,1-3H3,(H,14,15)/t7-/m0/s1. The predicted octanol–water partition coefficient (Wildman–Crippen LogP) is 2.54. The molecule has 0 aromatic carbocycles. The molecule has 1 saturated heterocycles. The van der Waals surface area contributed by atoms with Crippen molar-refractivity contribution in [3.63, 3.8) is 0 Å². The molecule has 1 aliphatic heterocycles. The van der Waals surface area contributed by atoms with Gasteiger partial charge >= 0.3 is 6.09 Å².